The van der Waals surface area contributed by atoms with Crippen LogP contribution in [0.4, 0.5) is 16.2 Å². The van der Waals surface area contributed by atoms with Gasteiger partial charge in [0.2, 0.25) is 0 Å². The highest BCUT2D eigenvalue weighted by molar-refractivity contribution is 5.84. The zero-order chi connectivity index (χ0) is 15.1. The Hall–Kier alpha value is -1.71. The van der Waals surface area contributed by atoms with Gasteiger partial charge in [-0.3, -0.25) is 5.32 Å². The van der Waals surface area contributed by atoms with Crippen LogP contribution in [-0.4, -0.2) is 18.7 Å². The molecular weight excluding hydrogens is 264 g/mol. The molecule has 21 heavy (non-hydrogen) atoms. The minimum atomic E-state index is -0.406. The molecule has 1 amide bonds. The quantitative estimate of drug-likeness (QED) is 0.831. The van der Waals surface area contributed by atoms with Crippen molar-refractivity contribution in [3.63, 3.8) is 0 Å². The summed E-state index contributed by atoms with van der Waals surface area (Å²) in [6.07, 6.45) is 6.09. The maximum absolute atomic E-state index is 11.3. The molecule has 0 spiro atoms. The molecule has 1 aliphatic rings. The second-order valence-electron chi connectivity index (χ2n) is 5.63. The van der Waals surface area contributed by atoms with Crippen molar-refractivity contribution in [2.45, 2.75) is 52.0 Å². The Morgan fingerprint density at radius 2 is 1.81 bits per heavy atom. The molecule has 2 atom stereocenters. The van der Waals surface area contributed by atoms with E-state index in [1.807, 2.05) is 24.3 Å². The van der Waals surface area contributed by atoms with Crippen LogP contribution >= 0.6 is 0 Å². The van der Waals surface area contributed by atoms with E-state index in [-0.39, 0.29) is 0 Å². The first kappa shape index (κ1) is 15.7. The Labute approximate surface area is 127 Å². The third kappa shape index (κ3) is 4.66. The number of carbonyl (C=O) groups is 1. The topological polar surface area (TPSA) is 50.4 Å². The Bertz CT molecular complexity index is 445. The number of benzene rings is 1. The average Bonchev–Trinajstić information content (AvgIpc) is 2.50. The first-order valence-corrected chi connectivity index (χ1v) is 8.03. The van der Waals surface area contributed by atoms with Crippen LogP contribution in [0.2, 0.25) is 0 Å². The van der Waals surface area contributed by atoms with Crippen molar-refractivity contribution in [3.8, 4) is 0 Å². The van der Waals surface area contributed by atoms with Gasteiger partial charge in [0, 0.05) is 17.4 Å². The zero-order valence-corrected chi connectivity index (χ0v) is 13.0. The lowest BCUT2D eigenvalue weighted by molar-refractivity contribution is 0.168. The normalized spacial score (nSPS) is 21.6. The van der Waals surface area contributed by atoms with E-state index in [4.69, 9.17) is 4.74 Å². The van der Waals surface area contributed by atoms with Gasteiger partial charge in [0.25, 0.3) is 0 Å². The van der Waals surface area contributed by atoms with Gasteiger partial charge < -0.3 is 10.1 Å². The second kappa shape index (κ2) is 7.91. The summed E-state index contributed by atoms with van der Waals surface area (Å²) in [5.41, 5.74) is 1.88. The van der Waals surface area contributed by atoms with E-state index in [9.17, 15) is 4.79 Å². The largest absolute Gasteiger partial charge is 0.450 e. The molecular formula is C17H26N2O2. The van der Waals surface area contributed by atoms with Crippen molar-refractivity contribution < 1.29 is 9.53 Å². The predicted octanol–water partition coefficient (Wildman–Crippen LogP) is 4.64. The number of amides is 1. The molecule has 2 N–H and O–H groups in total. The molecule has 0 saturated heterocycles. The second-order valence-corrected chi connectivity index (χ2v) is 5.63. The molecule has 1 aromatic rings. The van der Waals surface area contributed by atoms with Crippen LogP contribution in [0.15, 0.2) is 24.3 Å². The summed E-state index contributed by atoms with van der Waals surface area (Å²) in [6.45, 7) is 4.45. The Balaban J connectivity index is 1.91. The fraction of sp³-hybridized carbons (Fsp3) is 0.588. The highest BCUT2D eigenvalue weighted by Gasteiger charge is 2.23. The maximum Gasteiger partial charge on any atom is 0.411 e. The van der Waals surface area contributed by atoms with Crippen LogP contribution in [0.5, 0.6) is 0 Å². The summed E-state index contributed by atoms with van der Waals surface area (Å²) < 4.78 is 4.86. The van der Waals surface area contributed by atoms with Crippen LogP contribution in [0.1, 0.15) is 46.0 Å². The van der Waals surface area contributed by atoms with Gasteiger partial charge in [-0.25, -0.2) is 4.79 Å². The van der Waals surface area contributed by atoms with E-state index >= 15 is 0 Å². The molecule has 1 saturated carbocycles. The fourth-order valence-electron chi connectivity index (χ4n) is 3.04. The summed E-state index contributed by atoms with van der Waals surface area (Å²) >= 11 is 0. The standard InChI is InChI=1S/C17H26N2O2/c1-3-13-7-5-6-8-16(13)18-14-9-11-15(12-10-14)19-17(20)21-4-2/h9-13,16,18H,3-8H2,1-2H3,(H,19,20). The van der Waals surface area contributed by atoms with E-state index in [1.165, 1.54) is 32.1 Å². The molecule has 0 heterocycles. The summed E-state index contributed by atoms with van der Waals surface area (Å²) in [5.74, 6) is 0.774. The lowest BCUT2D eigenvalue weighted by Gasteiger charge is -2.32. The molecule has 2 unspecified atom stereocenters. The molecule has 2 rings (SSSR count). The molecule has 1 aromatic carbocycles. The zero-order valence-electron chi connectivity index (χ0n) is 13.0. The van der Waals surface area contributed by atoms with Gasteiger partial charge in [0.05, 0.1) is 6.61 Å². The molecule has 0 bridgehead atoms. The van der Waals surface area contributed by atoms with Crippen molar-refractivity contribution in [3.05, 3.63) is 24.3 Å². The van der Waals surface area contributed by atoms with Crippen molar-refractivity contribution >= 4 is 17.5 Å². The number of ether oxygens (including phenoxy) is 1. The average molecular weight is 290 g/mol. The minimum absolute atomic E-state index is 0.381. The lowest BCUT2D eigenvalue weighted by Crippen LogP contribution is -2.31. The number of hydrogen-bond donors (Lipinski definition) is 2. The molecule has 0 aromatic heterocycles. The van der Waals surface area contributed by atoms with Gasteiger partial charge in [-0.15, -0.1) is 0 Å². The number of nitrogens with one attached hydrogen (secondary N) is 2. The lowest BCUT2D eigenvalue weighted by atomic mass is 9.83. The molecule has 1 fully saturated rings. The van der Waals surface area contributed by atoms with E-state index in [1.54, 1.807) is 6.92 Å². The number of rotatable bonds is 5. The molecule has 0 radical (unpaired) electrons. The third-order valence-corrected chi connectivity index (χ3v) is 4.19. The molecule has 4 nitrogen and oxygen atoms in total. The monoisotopic (exact) mass is 290 g/mol. The van der Waals surface area contributed by atoms with Gasteiger partial charge in [-0.1, -0.05) is 26.2 Å². The first-order chi connectivity index (χ1) is 10.2. The first-order valence-electron chi connectivity index (χ1n) is 8.03. The van der Waals surface area contributed by atoms with Gasteiger partial charge >= 0.3 is 6.09 Å². The van der Waals surface area contributed by atoms with Crippen LogP contribution in [0.3, 0.4) is 0 Å². The number of anilines is 2. The van der Waals surface area contributed by atoms with Crippen molar-refractivity contribution in [2.75, 3.05) is 17.2 Å². The Kier molecular flexibility index (Phi) is 5.90. The minimum Gasteiger partial charge on any atom is -0.450 e. The van der Waals surface area contributed by atoms with E-state index in [2.05, 4.69) is 17.6 Å². The molecule has 0 aliphatic heterocycles. The van der Waals surface area contributed by atoms with Crippen LogP contribution in [-0.2, 0) is 4.74 Å². The van der Waals surface area contributed by atoms with Crippen LogP contribution < -0.4 is 10.6 Å². The predicted molar refractivity (Wildman–Crippen MR) is 86.7 cm³/mol. The SMILES string of the molecule is CCOC(=O)Nc1ccc(NC2CCCCC2CC)cc1. The van der Waals surface area contributed by atoms with Gasteiger partial charge in [-0.05, 0) is 49.9 Å². The Morgan fingerprint density at radius 3 is 2.48 bits per heavy atom. The Morgan fingerprint density at radius 1 is 1.14 bits per heavy atom. The summed E-state index contributed by atoms with van der Waals surface area (Å²) in [4.78, 5) is 11.3. The van der Waals surface area contributed by atoms with Crippen LogP contribution in [0.25, 0.3) is 0 Å². The highest BCUT2D eigenvalue weighted by Crippen LogP contribution is 2.29. The van der Waals surface area contributed by atoms with E-state index < -0.39 is 6.09 Å². The van der Waals surface area contributed by atoms with Crippen molar-refractivity contribution in [1.29, 1.82) is 0 Å². The smallest absolute Gasteiger partial charge is 0.411 e. The van der Waals surface area contributed by atoms with Crippen molar-refractivity contribution in [1.82, 2.24) is 0 Å². The van der Waals surface area contributed by atoms with Gasteiger partial charge in [0.15, 0.2) is 0 Å². The molecule has 116 valence electrons. The van der Waals surface area contributed by atoms with E-state index in [0.717, 1.165) is 17.3 Å². The van der Waals surface area contributed by atoms with Gasteiger partial charge in [0.1, 0.15) is 0 Å². The summed E-state index contributed by atoms with van der Waals surface area (Å²) in [6, 6.07) is 8.42. The highest BCUT2D eigenvalue weighted by atomic mass is 16.5. The summed E-state index contributed by atoms with van der Waals surface area (Å²) in [5, 5.41) is 6.35. The fourth-order valence-corrected chi connectivity index (χ4v) is 3.04. The number of carbonyl (C=O) groups excluding carboxylic acids is 1. The van der Waals surface area contributed by atoms with Gasteiger partial charge in [-0.2, -0.15) is 0 Å². The summed E-state index contributed by atoms with van der Waals surface area (Å²) in [7, 11) is 0. The molecule has 4 heteroatoms. The number of hydrogen-bond acceptors (Lipinski definition) is 3. The third-order valence-electron chi connectivity index (χ3n) is 4.19. The maximum atomic E-state index is 11.3. The van der Waals surface area contributed by atoms with Crippen LogP contribution in [0, 0.1) is 5.92 Å². The van der Waals surface area contributed by atoms with E-state index in [0.29, 0.717) is 12.6 Å². The molecule has 1 aliphatic carbocycles. The van der Waals surface area contributed by atoms with Crippen molar-refractivity contribution in [2.24, 2.45) is 5.92 Å².